The van der Waals surface area contributed by atoms with E-state index in [1.807, 2.05) is 13.1 Å². The van der Waals surface area contributed by atoms with Gasteiger partial charge in [0, 0.05) is 19.3 Å². The molecule has 0 bridgehead atoms. The zero-order valence-corrected chi connectivity index (χ0v) is 9.27. The van der Waals surface area contributed by atoms with Gasteiger partial charge in [0.25, 0.3) is 0 Å². The van der Waals surface area contributed by atoms with E-state index in [0.29, 0.717) is 6.42 Å². The first kappa shape index (κ1) is 11.5. The summed E-state index contributed by atoms with van der Waals surface area (Å²) in [7, 11) is 2.01. The van der Waals surface area contributed by atoms with Crippen LogP contribution in [0.5, 0.6) is 0 Å². The number of nitrogens with two attached hydrogens (primary N) is 1. The van der Waals surface area contributed by atoms with Crippen molar-refractivity contribution in [3.8, 4) is 6.07 Å². The Kier molecular flexibility index (Phi) is 4.14. The second-order valence-electron chi connectivity index (χ2n) is 3.78. The molecule has 3 heteroatoms. The van der Waals surface area contributed by atoms with Gasteiger partial charge in [-0.25, -0.2) is 0 Å². The van der Waals surface area contributed by atoms with Crippen LogP contribution in [-0.2, 0) is 0 Å². The molecule has 2 N–H and O–H groups in total. The van der Waals surface area contributed by atoms with Crippen molar-refractivity contribution in [3.05, 3.63) is 29.8 Å². The zero-order chi connectivity index (χ0) is 11.3. The lowest BCUT2D eigenvalue weighted by molar-refractivity contribution is 0.716. The molecule has 0 amide bonds. The van der Waals surface area contributed by atoms with E-state index < -0.39 is 0 Å². The summed E-state index contributed by atoms with van der Waals surface area (Å²) < 4.78 is 0. The number of benzene rings is 1. The minimum Gasteiger partial charge on any atom is -0.375 e. The SMILES string of the molecule is Cc1ccc(N(C)CCC(N)C#N)cc1. The van der Waals surface area contributed by atoms with Crippen LogP contribution in [0.3, 0.4) is 0 Å². The molecule has 1 rings (SSSR count). The maximum Gasteiger partial charge on any atom is 0.0944 e. The van der Waals surface area contributed by atoms with Crippen LogP contribution < -0.4 is 10.6 Å². The molecule has 1 aromatic rings. The lowest BCUT2D eigenvalue weighted by Gasteiger charge is -2.19. The molecule has 0 aliphatic rings. The van der Waals surface area contributed by atoms with Gasteiger partial charge in [-0.3, -0.25) is 0 Å². The number of anilines is 1. The molecule has 1 aromatic carbocycles. The maximum absolute atomic E-state index is 8.56. The van der Waals surface area contributed by atoms with Crippen LogP contribution in [0.15, 0.2) is 24.3 Å². The van der Waals surface area contributed by atoms with Gasteiger partial charge in [-0.05, 0) is 25.5 Å². The van der Waals surface area contributed by atoms with Crippen LogP contribution in [0, 0.1) is 18.3 Å². The molecule has 0 aliphatic heterocycles. The fraction of sp³-hybridized carbons (Fsp3) is 0.417. The van der Waals surface area contributed by atoms with Gasteiger partial charge in [0.05, 0.1) is 12.1 Å². The van der Waals surface area contributed by atoms with Gasteiger partial charge in [-0.1, -0.05) is 17.7 Å². The van der Waals surface area contributed by atoms with Crippen LogP contribution in [0.1, 0.15) is 12.0 Å². The average Bonchev–Trinajstić information content (AvgIpc) is 2.26. The van der Waals surface area contributed by atoms with E-state index in [9.17, 15) is 0 Å². The number of nitriles is 1. The molecular weight excluding hydrogens is 186 g/mol. The molecule has 1 atom stereocenters. The highest BCUT2D eigenvalue weighted by molar-refractivity contribution is 5.46. The van der Waals surface area contributed by atoms with Crippen LogP contribution in [0.2, 0.25) is 0 Å². The van der Waals surface area contributed by atoms with Gasteiger partial charge in [-0.15, -0.1) is 0 Å². The van der Waals surface area contributed by atoms with Crippen molar-refractivity contribution in [2.75, 3.05) is 18.5 Å². The number of hydrogen-bond donors (Lipinski definition) is 1. The molecular formula is C12H17N3. The van der Waals surface area contributed by atoms with E-state index in [1.54, 1.807) is 0 Å². The van der Waals surface area contributed by atoms with Crippen molar-refractivity contribution >= 4 is 5.69 Å². The first-order valence-corrected chi connectivity index (χ1v) is 5.06. The van der Waals surface area contributed by atoms with Crippen LogP contribution >= 0.6 is 0 Å². The lowest BCUT2D eigenvalue weighted by Crippen LogP contribution is -2.26. The van der Waals surface area contributed by atoms with Crippen molar-refractivity contribution in [1.29, 1.82) is 5.26 Å². The third-order valence-electron chi connectivity index (χ3n) is 2.42. The topological polar surface area (TPSA) is 53.0 Å². The fourth-order valence-corrected chi connectivity index (χ4v) is 1.33. The first-order chi connectivity index (χ1) is 7.13. The molecule has 0 aliphatic carbocycles. The van der Waals surface area contributed by atoms with Gasteiger partial charge in [0.15, 0.2) is 0 Å². The van der Waals surface area contributed by atoms with Gasteiger partial charge >= 0.3 is 0 Å². The summed E-state index contributed by atoms with van der Waals surface area (Å²) in [6, 6.07) is 9.98. The second kappa shape index (κ2) is 5.38. The first-order valence-electron chi connectivity index (χ1n) is 5.06. The van der Waals surface area contributed by atoms with E-state index >= 15 is 0 Å². The van der Waals surface area contributed by atoms with Crippen molar-refractivity contribution in [2.24, 2.45) is 5.73 Å². The highest BCUT2D eigenvalue weighted by Gasteiger charge is 2.04. The predicted octanol–water partition coefficient (Wildman–Crippen LogP) is 1.67. The molecule has 15 heavy (non-hydrogen) atoms. The Morgan fingerprint density at radius 2 is 2.00 bits per heavy atom. The molecule has 80 valence electrons. The Labute approximate surface area is 91.1 Å². The average molecular weight is 203 g/mol. The fourth-order valence-electron chi connectivity index (χ4n) is 1.33. The van der Waals surface area contributed by atoms with Gasteiger partial charge in [0.1, 0.15) is 0 Å². The van der Waals surface area contributed by atoms with E-state index in [2.05, 4.69) is 36.1 Å². The van der Waals surface area contributed by atoms with Crippen molar-refractivity contribution < 1.29 is 0 Å². The maximum atomic E-state index is 8.56. The highest BCUT2D eigenvalue weighted by atomic mass is 15.1. The van der Waals surface area contributed by atoms with E-state index in [0.717, 1.165) is 12.2 Å². The number of hydrogen-bond acceptors (Lipinski definition) is 3. The second-order valence-corrected chi connectivity index (χ2v) is 3.78. The van der Waals surface area contributed by atoms with Crippen molar-refractivity contribution in [3.63, 3.8) is 0 Å². The van der Waals surface area contributed by atoms with Crippen LogP contribution in [-0.4, -0.2) is 19.6 Å². The smallest absolute Gasteiger partial charge is 0.0944 e. The molecule has 0 fully saturated rings. The third kappa shape index (κ3) is 3.61. The Morgan fingerprint density at radius 1 is 1.40 bits per heavy atom. The van der Waals surface area contributed by atoms with Gasteiger partial charge < -0.3 is 10.6 Å². The standard InChI is InChI=1S/C12H17N3/c1-10-3-5-12(6-4-10)15(2)8-7-11(14)9-13/h3-6,11H,7-8,14H2,1-2H3. The quantitative estimate of drug-likeness (QED) is 0.810. The Balaban J connectivity index is 2.51. The number of nitrogens with zero attached hydrogens (tertiary/aromatic N) is 2. The molecule has 1 unspecified atom stereocenters. The molecule has 0 aromatic heterocycles. The van der Waals surface area contributed by atoms with E-state index in [4.69, 9.17) is 11.0 Å². The molecule has 0 saturated carbocycles. The minimum atomic E-state index is -0.363. The summed E-state index contributed by atoms with van der Waals surface area (Å²) in [6.45, 7) is 2.87. The summed E-state index contributed by atoms with van der Waals surface area (Å²) in [5.41, 5.74) is 7.94. The Bertz CT molecular complexity index is 337. The number of rotatable bonds is 4. The van der Waals surface area contributed by atoms with Crippen LogP contribution in [0.4, 0.5) is 5.69 Å². The molecule has 0 heterocycles. The van der Waals surface area contributed by atoms with Crippen molar-refractivity contribution in [2.45, 2.75) is 19.4 Å². The third-order valence-corrected chi connectivity index (χ3v) is 2.42. The Hall–Kier alpha value is -1.53. The number of aryl methyl sites for hydroxylation is 1. The zero-order valence-electron chi connectivity index (χ0n) is 9.27. The van der Waals surface area contributed by atoms with E-state index in [1.165, 1.54) is 5.56 Å². The summed E-state index contributed by atoms with van der Waals surface area (Å²) >= 11 is 0. The summed E-state index contributed by atoms with van der Waals surface area (Å²) in [6.07, 6.45) is 0.695. The largest absolute Gasteiger partial charge is 0.375 e. The summed E-state index contributed by atoms with van der Waals surface area (Å²) in [4.78, 5) is 2.11. The van der Waals surface area contributed by atoms with Crippen molar-refractivity contribution in [1.82, 2.24) is 0 Å². The Morgan fingerprint density at radius 3 is 2.53 bits per heavy atom. The summed E-state index contributed by atoms with van der Waals surface area (Å²) in [5, 5.41) is 8.56. The molecule has 3 nitrogen and oxygen atoms in total. The molecule has 0 radical (unpaired) electrons. The predicted molar refractivity (Wildman–Crippen MR) is 62.7 cm³/mol. The molecule has 0 saturated heterocycles. The normalized spacial score (nSPS) is 11.9. The minimum absolute atomic E-state index is 0.363. The summed E-state index contributed by atoms with van der Waals surface area (Å²) in [5.74, 6) is 0. The monoisotopic (exact) mass is 203 g/mol. The highest BCUT2D eigenvalue weighted by Crippen LogP contribution is 2.13. The lowest BCUT2D eigenvalue weighted by atomic mass is 10.2. The van der Waals surface area contributed by atoms with E-state index in [-0.39, 0.29) is 6.04 Å². The van der Waals surface area contributed by atoms with Gasteiger partial charge in [-0.2, -0.15) is 5.26 Å². The van der Waals surface area contributed by atoms with Crippen LogP contribution in [0.25, 0.3) is 0 Å². The molecule has 0 spiro atoms. The van der Waals surface area contributed by atoms with Gasteiger partial charge in [0.2, 0.25) is 0 Å².